The molecule has 3 aromatic heterocycles. The normalized spacial score (nSPS) is 12.4. The van der Waals surface area contributed by atoms with E-state index >= 15 is 0 Å². The standard InChI is InChI=1S/C29H19Cl2F3N8O2/c30-17-6-9-23(42-14-25(31)39-40-42)19(11-17)21-13-26(43)41(15-35-21)24(10-16-4-2-1-3-5-16)27(44)36-18-7-8-20-22(12-18)38-28(37-20)29(32,33)34/h1-9,11-15,24H,10H2,(H,36,44)(H,37,38)/t24-/m0/s1. The molecule has 1 atom stereocenters. The van der Waals surface area contributed by atoms with Gasteiger partial charge in [-0.3, -0.25) is 14.2 Å². The van der Waals surface area contributed by atoms with Crippen LogP contribution in [0.5, 0.6) is 0 Å². The Bertz CT molecular complexity index is 2060. The van der Waals surface area contributed by atoms with Gasteiger partial charge in [0.25, 0.3) is 5.56 Å². The molecule has 0 saturated carbocycles. The lowest BCUT2D eigenvalue weighted by Gasteiger charge is -2.20. The monoisotopic (exact) mass is 638 g/mol. The molecule has 0 unspecified atom stereocenters. The predicted octanol–water partition coefficient (Wildman–Crippen LogP) is 6.12. The van der Waals surface area contributed by atoms with E-state index in [1.807, 2.05) is 18.2 Å². The van der Waals surface area contributed by atoms with E-state index in [1.165, 1.54) is 46.0 Å². The molecule has 0 radical (unpaired) electrons. The summed E-state index contributed by atoms with van der Waals surface area (Å²) in [6, 6.07) is 18.3. The number of nitrogens with zero attached hydrogens (tertiary/aromatic N) is 6. The lowest BCUT2D eigenvalue weighted by molar-refractivity contribution is -0.144. The second-order valence-electron chi connectivity index (χ2n) is 9.68. The van der Waals surface area contributed by atoms with E-state index in [4.69, 9.17) is 23.2 Å². The van der Waals surface area contributed by atoms with Gasteiger partial charge >= 0.3 is 6.18 Å². The van der Waals surface area contributed by atoms with E-state index in [9.17, 15) is 22.8 Å². The average Bonchev–Trinajstić information content (AvgIpc) is 3.63. The molecule has 15 heteroatoms. The van der Waals surface area contributed by atoms with Gasteiger partial charge in [-0.2, -0.15) is 13.2 Å². The molecule has 0 fully saturated rings. The Morgan fingerprint density at radius 1 is 1.02 bits per heavy atom. The number of hydrogen-bond acceptors (Lipinski definition) is 6. The number of hydrogen-bond donors (Lipinski definition) is 2. The van der Waals surface area contributed by atoms with E-state index in [-0.39, 0.29) is 34.0 Å². The number of nitrogens with one attached hydrogen (secondary N) is 2. The SMILES string of the molecule is O=C(Nc1ccc2nc(C(F)(F)F)[nH]c2c1)[C@H](Cc1ccccc1)n1cnc(-c2cc(Cl)ccc2-n2cc(Cl)nn2)cc1=O. The first kappa shape index (κ1) is 29.1. The van der Waals surface area contributed by atoms with Gasteiger partial charge in [0.05, 0.1) is 34.9 Å². The Morgan fingerprint density at radius 2 is 1.82 bits per heavy atom. The van der Waals surface area contributed by atoms with E-state index < -0.39 is 29.5 Å². The van der Waals surface area contributed by atoms with Crippen molar-refractivity contribution in [1.29, 1.82) is 0 Å². The fourth-order valence-electron chi connectivity index (χ4n) is 4.67. The van der Waals surface area contributed by atoms with Gasteiger partial charge in [-0.05, 0) is 42.0 Å². The first-order valence-electron chi connectivity index (χ1n) is 12.9. The van der Waals surface area contributed by atoms with E-state index in [0.29, 0.717) is 16.3 Å². The van der Waals surface area contributed by atoms with Crippen molar-refractivity contribution < 1.29 is 18.0 Å². The molecule has 0 bridgehead atoms. The van der Waals surface area contributed by atoms with Crippen LogP contribution in [0.2, 0.25) is 10.2 Å². The smallest absolute Gasteiger partial charge is 0.334 e. The van der Waals surface area contributed by atoms with Crippen LogP contribution in [0.15, 0.2) is 90.1 Å². The summed E-state index contributed by atoms with van der Waals surface area (Å²) in [6.45, 7) is 0. The molecule has 0 spiro atoms. The van der Waals surface area contributed by atoms with Crippen LogP contribution in [0.1, 0.15) is 17.4 Å². The highest BCUT2D eigenvalue weighted by molar-refractivity contribution is 6.31. The second kappa shape index (κ2) is 11.6. The maximum absolute atomic E-state index is 13.7. The molecule has 222 valence electrons. The van der Waals surface area contributed by atoms with Gasteiger partial charge in [0.1, 0.15) is 6.04 Å². The van der Waals surface area contributed by atoms with Gasteiger partial charge in [0.2, 0.25) is 11.7 Å². The number of carbonyl (C=O) groups is 1. The topological polar surface area (TPSA) is 123 Å². The number of benzene rings is 3. The first-order chi connectivity index (χ1) is 21.0. The molecule has 0 aliphatic heterocycles. The van der Waals surface area contributed by atoms with Crippen LogP contribution in [0.3, 0.4) is 0 Å². The summed E-state index contributed by atoms with van der Waals surface area (Å²) >= 11 is 12.2. The molecule has 0 saturated heterocycles. The quantitative estimate of drug-likeness (QED) is 0.217. The van der Waals surface area contributed by atoms with Gasteiger partial charge in [0.15, 0.2) is 5.15 Å². The number of aromatic nitrogens is 7. The fraction of sp³-hybridized carbons (Fsp3) is 0.103. The summed E-state index contributed by atoms with van der Waals surface area (Å²) in [6.07, 6.45) is -1.78. The number of alkyl halides is 3. The average molecular weight is 639 g/mol. The van der Waals surface area contributed by atoms with Gasteiger partial charge in [0, 0.05) is 28.8 Å². The fourth-order valence-corrected chi connectivity index (χ4v) is 4.97. The number of fused-ring (bicyclic) bond motifs is 1. The molecular weight excluding hydrogens is 620 g/mol. The molecular formula is C29H19Cl2F3N8O2. The molecule has 6 rings (SSSR count). The van der Waals surface area contributed by atoms with Crippen molar-refractivity contribution in [3.8, 4) is 16.9 Å². The van der Waals surface area contributed by atoms with Crippen LogP contribution < -0.4 is 10.9 Å². The molecule has 0 aliphatic rings. The van der Waals surface area contributed by atoms with Crippen LogP contribution >= 0.6 is 23.2 Å². The van der Waals surface area contributed by atoms with Crippen LogP contribution in [-0.4, -0.2) is 40.4 Å². The molecule has 1 amide bonds. The highest BCUT2D eigenvalue weighted by atomic mass is 35.5. The molecule has 0 aliphatic carbocycles. The highest BCUT2D eigenvalue weighted by Crippen LogP contribution is 2.30. The van der Waals surface area contributed by atoms with Crippen molar-refractivity contribution in [3.05, 3.63) is 117 Å². The van der Waals surface area contributed by atoms with E-state index in [1.54, 1.807) is 30.3 Å². The van der Waals surface area contributed by atoms with E-state index in [2.05, 4.69) is 30.6 Å². The lowest BCUT2D eigenvalue weighted by atomic mass is 10.0. The summed E-state index contributed by atoms with van der Waals surface area (Å²) in [5.41, 5.74) is 1.86. The minimum absolute atomic E-state index is 0.0840. The van der Waals surface area contributed by atoms with Gasteiger partial charge in [-0.1, -0.05) is 58.7 Å². The van der Waals surface area contributed by atoms with E-state index in [0.717, 1.165) is 5.56 Å². The summed E-state index contributed by atoms with van der Waals surface area (Å²) in [4.78, 5) is 37.4. The summed E-state index contributed by atoms with van der Waals surface area (Å²) < 4.78 is 42.0. The predicted molar refractivity (Wildman–Crippen MR) is 158 cm³/mol. The van der Waals surface area contributed by atoms with Gasteiger partial charge in [-0.25, -0.2) is 14.6 Å². The minimum Gasteiger partial charge on any atom is -0.334 e. The number of imidazole rings is 1. The number of carbonyl (C=O) groups excluding carboxylic acids is 1. The highest BCUT2D eigenvalue weighted by Gasteiger charge is 2.34. The Morgan fingerprint density at radius 3 is 2.52 bits per heavy atom. The summed E-state index contributed by atoms with van der Waals surface area (Å²) in [5.74, 6) is -1.73. The number of halogens is 5. The Balaban J connectivity index is 1.35. The van der Waals surface area contributed by atoms with Crippen LogP contribution in [-0.2, 0) is 17.4 Å². The maximum atomic E-state index is 13.7. The number of amides is 1. The first-order valence-corrected chi connectivity index (χ1v) is 13.7. The van der Waals surface area contributed by atoms with Crippen molar-refractivity contribution in [3.63, 3.8) is 0 Å². The van der Waals surface area contributed by atoms with Crippen LogP contribution in [0.4, 0.5) is 18.9 Å². The zero-order valence-electron chi connectivity index (χ0n) is 22.3. The van der Waals surface area contributed by atoms with Gasteiger partial charge in [-0.15, -0.1) is 5.10 Å². The molecule has 3 heterocycles. The Kier molecular flexibility index (Phi) is 7.66. The van der Waals surface area contributed by atoms with Crippen molar-refractivity contribution >= 4 is 45.8 Å². The third-order valence-electron chi connectivity index (χ3n) is 6.71. The number of rotatable bonds is 7. The van der Waals surface area contributed by atoms with Crippen molar-refractivity contribution in [2.75, 3.05) is 5.32 Å². The van der Waals surface area contributed by atoms with Crippen molar-refractivity contribution in [2.24, 2.45) is 0 Å². The number of aromatic amines is 1. The third-order valence-corrected chi connectivity index (χ3v) is 7.12. The Hall–Kier alpha value is -5.01. The van der Waals surface area contributed by atoms with Crippen molar-refractivity contribution in [2.45, 2.75) is 18.6 Å². The van der Waals surface area contributed by atoms with Crippen LogP contribution in [0.25, 0.3) is 28.0 Å². The molecule has 44 heavy (non-hydrogen) atoms. The molecule has 2 N–H and O–H groups in total. The zero-order chi connectivity index (χ0) is 31.0. The maximum Gasteiger partial charge on any atom is 0.449 e. The summed E-state index contributed by atoms with van der Waals surface area (Å²) in [5, 5.41) is 11.0. The van der Waals surface area contributed by atoms with Gasteiger partial charge < -0.3 is 10.3 Å². The minimum atomic E-state index is -4.66. The van der Waals surface area contributed by atoms with Crippen molar-refractivity contribution in [1.82, 2.24) is 34.5 Å². The second-order valence-corrected chi connectivity index (χ2v) is 10.5. The Labute approximate surface area is 256 Å². The molecule has 10 nitrogen and oxygen atoms in total. The lowest BCUT2D eigenvalue weighted by Crippen LogP contribution is -2.34. The summed E-state index contributed by atoms with van der Waals surface area (Å²) in [7, 11) is 0. The zero-order valence-corrected chi connectivity index (χ0v) is 23.8. The number of H-pyrrole nitrogens is 1. The number of anilines is 1. The van der Waals surface area contributed by atoms with Crippen LogP contribution in [0, 0.1) is 0 Å². The largest absolute Gasteiger partial charge is 0.449 e. The third kappa shape index (κ3) is 6.05. The molecule has 6 aromatic rings. The molecule has 3 aromatic carbocycles.